The quantitative estimate of drug-likeness (QED) is 0.757. The Bertz CT molecular complexity index is 1000. The van der Waals surface area contributed by atoms with Crippen LogP contribution in [0.25, 0.3) is 5.69 Å². The molecule has 0 spiro atoms. The van der Waals surface area contributed by atoms with Crippen molar-refractivity contribution < 1.29 is 22.7 Å². The van der Waals surface area contributed by atoms with Gasteiger partial charge in [0.15, 0.2) is 0 Å². The number of hydrogen-bond donors (Lipinski definition) is 1. The molecule has 0 aliphatic rings. The molecule has 7 nitrogen and oxygen atoms in total. The molecule has 2 heterocycles. The summed E-state index contributed by atoms with van der Waals surface area (Å²) < 4.78 is 41.4. The van der Waals surface area contributed by atoms with Gasteiger partial charge in [-0.3, -0.25) is 14.2 Å². The molecular weight excluding hydrogens is 365 g/mol. The van der Waals surface area contributed by atoms with Gasteiger partial charge in [-0.15, -0.1) is 13.2 Å². The van der Waals surface area contributed by atoms with E-state index in [4.69, 9.17) is 0 Å². The van der Waals surface area contributed by atoms with Crippen LogP contribution in [0.4, 0.5) is 18.9 Å². The van der Waals surface area contributed by atoms with Crippen molar-refractivity contribution in [2.75, 3.05) is 5.32 Å². The maximum absolute atomic E-state index is 12.5. The van der Waals surface area contributed by atoms with E-state index in [2.05, 4.69) is 20.0 Å². The van der Waals surface area contributed by atoms with Gasteiger partial charge in [-0.05, 0) is 36.4 Å². The summed E-state index contributed by atoms with van der Waals surface area (Å²) in [6.07, 6.45) is 0.782. The van der Waals surface area contributed by atoms with Crippen LogP contribution in [0.5, 0.6) is 5.75 Å². The number of benzene rings is 1. The molecule has 0 atom stereocenters. The summed E-state index contributed by atoms with van der Waals surface area (Å²) in [7, 11) is 0. The number of nitrogens with one attached hydrogen (secondary N) is 1. The molecule has 0 unspecified atom stereocenters. The Kier molecular flexibility index (Phi) is 4.88. The number of amides is 1. The second-order valence-corrected chi connectivity index (χ2v) is 5.22. The minimum atomic E-state index is -4.80. The Labute approximate surface area is 150 Å². The molecule has 0 saturated carbocycles. The van der Waals surface area contributed by atoms with Gasteiger partial charge >= 0.3 is 6.36 Å². The van der Waals surface area contributed by atoms with Crippen LogP contribution in [0.15, 0.2) is 66.1 Å². The zero-order valence-corrected chi connectivity index (χ0v) is 13.5. The van der Waals surface area contributed by atoms with Crippen LogP contribution in [0.3, 0.4) is 0 Å². The molecule has 3 rings (SSSR count). The van der Waals surface area contributed by atoms with Crippen LogP contribution in [-0.2, 0) is 0 Å². The van der Waals surface area contributed by atoms with Crippen molar-refractivity contribution in [3.05, 3.63) is 77.2 Å². The zero-order valence-electron chi connectivity index (χ0n) is 13.5. The molecule has 0 bridgehead atoms. The number of pyridine rings is 1. The highest BCUT2D eigenvalue weighted by Crippen LogP contribution is 2.24. The molecule has 0 fully saturated rings. The summed E-state index contributed by atoms with van der Waals surface area (Å²) in [5.41, 5.74) is -0.169. The maximum Gasteiger partial charge on any atom is 0.573 e. The lowest BCUT2D eigenvalue weighted by molar-refractivity contribution is -0.274. The number of carbonyl (C=O) groups is 1. The van der Waals surface area contributed by atoms with Gasteiger partial charge in [0.2, 0.25) is 0 Å². The number of anilines is 1. The van der Waals surface area contributed by atoms with E-state index in [0.29, 0.717) is 5.69 Å². The van der Waals surface area contributed by atoms with Crippen molar-refractivity contribution in [1.82, 2.24) is 14.5 Å². The zero-order chi connectivity index (χ0) is 19.4. The second-order valence-electron chi connectivity index (χ2n) is 5.22. The summed E-state index contributed by atoms with van der Waals surface area (Å²) in [6, 6.07) is 7.39. The lowest BCUT2D eigenvalue weighted by Gasteiger charge is -2.10. The van der Waals surface area contributed by atoms with Crippen LogP contribution in [0.1, 0.15) is 10.4 Å². The highest BCUT2D eigenvalue weighted by atomic mass is 19.4. The van der Waals surface area contributed by atoms with E-state index < -0.39 is 23.6 Å². The largest absolute Gasteiger partial charge is 0.573 e. The monoisotopic (exact) mass is 376 g/mol. The number of nitrogens with zero attached hydrogens (tertiary/aromatic N) is 3. The van der Waals surface area contributed by atoms with E-state index >= 15 is 0 Å². The SMILES string of the molecule is O=C(Nc1ccc(OC(F)(F)F)cc1)c1cccn(-c2cncnc2)c1=O. The minimum Gasteiger partial charge on any atom is -0.406 e. The smallest absolute Gasteiger partial charge is 0.406 e. The summed E-state index contributed by atoms with van der Waals surface area (Å²) in [5.74, 6) is -1.14. The highest BCUT2D eigenvalue weighted by molar-refractivity contribution is 6.04. The average molecular weight is 376 g/mol. The van der Waals surface area contributed by atoms with Crippen LogP contribution >= 0.6 is 0 Å². The van der Waals surface area contributed by atoms with E-state index in [0.717, 1.165) is 12.1 Å². The molecule has 0 saturated heterocycles. The van der Waals surface area contributed by atoms with Gasteiger partial charge in [0.25, 0.3) is 11.5 Å². The third-order valence-corrected chi connectivity index (χ3v) is 3.36. The Morgan fingerprint density at radius 2 is 1.74 bits per heavy atom. The van der Waals surface area contributed by atoms with Crippen molar-refractivity contribution in [1.29, 1.82) is 0 Å². The molecule has 138 valence electrons. The molecule has 1 amide bonds. The van der Waals surface area contributed by atoms with E-state index in [1.807, 2.05) is 0 Å². The number of alkyl halides is 3. The number of carbonyl (C=O) groups excluding carboxylic acids is 1. The summed E-state index contributed by atoms with van der Waals surface area (Å²) >= 11 is 0. The van der Waals surface area contributed by atoms with Crippen molar-refractivity contribution >= 4 is 11.6 Å². The first-order chi connectivity index (χ1) is 12.8. The van der Waals surface area contributed by atoms with Gasteiger partial charge in [-0.2, -0.15) is 0 Å². The Morgan fingerprint density at radius 1 is 1.07 bits per heavy atom. The number of hydrogen-bond acceptors (Lipinski definition) is 5. The van der Waals surface area contributed by atoms with Crippen molar-refractivity contribution in [2.45, 2.75) is 6.36 Å². The van der Waals surface area contributed by atoms with Crippen molar-refractivity contribution in [3.8, 4) is 11.4 Å². The van der Waals surface area contributed by atoms with Crippen LogP contribution in [0, 0.1) is 0 Å². The first-order valence-electron chi connectivity index (χ1n) is 7.48. The average Bonchev–Trinajstić information content (AvgIpc) is 2.63. The Hall–Kier alpha value is -3.69. The van der Waals surface area contributed by atoms with Gasteiger partial charge in [0.1, 0.15) is 17.6 Å². The van der Waals surface area contributed by atoms with E-state index in [9.17, 15) is 22.8 Å². The molecular formula is C17H11F3N4O3. The predicted molar refractivity (Wildman–Crippen MR) is 88.7 cm³/mol. The standard InChI is InChI=1S/C17H11F3N4O3/c18-17(19,20)27-13-5-3-11(4-6-13)23-15(25)14-2-1-7-24(16(14)26)12-8-21-10-22-9-12/h1-10H,(H,23,25). The number of aromatic nitrogens is 3. The Morgan fingerprint density at radius 3 is 2.37 bits per heavy atom. The van der Waals surface area contributed by atoms with Crippen LogP contribution < -0.4 is 15.6 Å². The van der Waals surface area contributed by atoms with Crippen molar-refractivity contribution in [3.63, 3.8) is 0 Å². The fraction of sp³-hybridized carbons (Fsp3) is 0.0588. The van der Waals surface area contributed by atoms with Crippen molar-refractivity contribution in [2.24, 2.45) is 0 Å². The number of ether oxygens (including phenoxy) is 1. The van der Waals surface area contributed by atoms with Crippen LogP contribution in [-0.4, -0.2) is 26.8 Å². The molecule has 10 heteroatoms. The number of halogens is 3. The van der Waals surface area contributed by atoms with Gasteiger partial charge in [-0.1, -0.05) is 0 Å². The van der Waals surface area contributed by atoms with E-state index in [1.54, 1.807) is 0 Å². The molecule has 27 heavy (non-hydrogen) atoms. The minimum absolute atomic E-state index is 0.156. The molecule has 1 N–H and O–H groups in total. The summed E-state index contributed by atoms with van der Waals surface area (Å²) in [5, 5.41) is 2.45. The first kappa shape index (κ1) is 18.1. The van der Waals surface area contributed by atoms with Gasteiger partial charge in [0, 0.05) is 11.9 Å². The number of rotatable bonds is 4. The van der Waals surface area contributed by atoms with Crippen LogP contribution in [0.2, 0.25) is 0 Å². The third-order valence-electron chi connectivity index (χ3n) is 3.36. The van der Waals surface area contributed by atoms with E-state index in [-0.39, 0.29) is 11.3 Å². The second kappa shape index (κ2) is 7.28. The molecule has 0 aliphatic carbocycles. The molecule has 0 aliphatic heterocycles. The summed E-state index contributed by atoms with van der Waals surface area (Å²) in [6.45, 7) is 0. The Balaban J connectivity index is 1.80. The van der Waals surface area contributed by atoms with Gasteiger partial charge in [-0.25, -0.2) is 9.97 Å². The maximum atomic E-state index is 12.5. The predicted octanol–water partition coefficient (Wildman–Crippen LogP) is 2.78. The highest BCUT2D eigenvalue weighted by Gasteiger charge is 2.31. The lowest BCUT2D eigenvalue weighted by atomic mass is 10.2. The molecule has 1 aromatic carbocycles. The molecule has 2 aromatic heterocycles. The summed E-state index contributed by atoms with van der Waals surface area (Å²) in [4.78, 5) is 32.5. The molecule has 0 radical (unpaired) electrons. The third kappa shape index (κ3) is 4.48. The first-order valence-corrected chi connectivity index (χ1v) is 7.48. The van der Waals surface area contributed by atoms with Gasteiger partial charge < -0.3 is 10.1 Å². The lowest BCUT2D eigenvalue weighted by Crippen LogP contribution is -2.27. The fourth-order valence-corrected chi connectivity index (χ4v) is 2.22. The van der Waals surface area contributed by atoms with Gasteiger partial charge in [0.05, 0.1) is 18.1 Å². The fourth-order valence-electron chi connectivity index (χ4n) is 2.22. The molecule has 3 aromatic rings. The normalized spacial score (nSPS) is 11.1. The topological polar surface area (TPSA) is 86.1 Å². The van der Waals surface area contributed by atoms with E-state index in [1.165, 1.54) is 53.8 Å².